The zero-order valence-corrected chi connectivity index (χ0v) is 9.72. The molecule has 2 nitrogen and oxygen atoms in total. The fourth-order valence-corrected chi connectivity index (χ4v) is 1.45. The van der Waals surface area contributed by atoms with E-state index in [9.17, 15) is 13.2 Å². The summed E-state index contributed by atoms with van der Waals surface area (Å²) in [4.78, 5) is 4.06. The topological polar surface area (TPSA) is 32.6 Å². The minimum atomic E-state index is -4.33. The van der Waals surface area contributed by atoms with Crippen molar-refractivity contribution in [3.05, 3.63) is 59.7 Å². The highest BCUT2D eigenvalue weighted by molar-refractivity contribution is 5.82. The van der Waals surface area contributed by atoms with Crippen LogP contribution in [0.3, 0.4) is 0 Å². The lowest BCUT2D eigenvalue weighted by atomic mass is 10.2. The van der Waals surface area contributed by atoms with E-state index in [1.54, 1.807) is 12.1 Å². The van der Waals surface area contributed by atoms with Crippen LogP contribution in [-0.2, 0) is 6.18 Å². The van der Waals surface area contributed by atoms with Crippen molar-refractivity contribution in [3.63, 3.8) is 0 Å². The van der Waals surface area contributed by atoms with Gasteiger partial charge in [-0.1, -0.05) is 0 Å². The lowest BCUT2D eigenvalue weighted by Crippen LogP contribution is -2.03. The highest BCUT2D eigenvalue weighted by Crippen LogP contribution is 2.30. The third-order valence-electron chi connectivity index (χ3n) is 2.45. The molecular formula is C14H10F3NO. The maximum absolute atomic E-state index is 12.3. The van der Waals surface area contributed by atoms with E-state index >= 15 is 0 Å². The van der Waals surface area contributed by atoms with Crippen LogP contribution in [0.25, 0.3) is 0 Å². The molecule has 1 N–H and O–H groups in total. The Labute approximate surface area is 107 Å². The summed E-state index contributed by atoms with van der Waals surface area (Å²) in [6.07, 6.45) is -2.82. The van der Waals surface area contributed by atoms with Gasteiger partial charge in [0.15, 0.2) is 0 Å². The fraction of sp³-hybridized carbons (Fsp3) is 0.0714. The van der Waals surface area contributed by atoms with Gasteiger partial charge in [-0.3, -0.25) is 4.99 Å². The third kappa shape index (κ3) is 3.58. The van der Waals surface area contributed by atoms with Gasteiger partial charge in [-0.2, -0.15) is 13.2 Å². The van der Waals surface area contributed by atoms with Crippen molar-refractivity contribution in [2.24, 2.45) is 4.99 Å². The molecule has 0 spiro atoms. The SMILES string of the molecule is Oc1ccc(C=Nc2ccc(C(F)(F)F)cc2)cc1. The van der Waals surface area contributed by atoms with Crippen LogP contribution in [0, 0.1) is 0 Å². The highest BCUT2D eigenvalue weighted by Gasteiger charge is 2.29. The van der Waals surface area contributed by atoms with Crippen LogP contribution in [0.15, 0.2) is 53.5 Å². The molecule has 0 heterocycles. The number of benzene rings is 2. The Morgan fingerprint density at radius 2 is 1.47 bits per heavy atom. The summed E-state index contributed by atoms with van der Waals surface area (Å²) in [5.41, 5.74) is 0.481. The number of hydrogen-bond acceptors (Lipinski definition) is 2. The van der Waals surface area contributed by atoms with Crippen molar-refractivity contribution < 1.29 is 18.3 Å². The fourth-order valence-electron chi connectivity index (χ4n) is 1.45. The predicted octanol–water partition coefficient (Wildman–Crippen LogP) is 4.16. The number of hydrogen-bond donors (Lipinski definition) is 1. The maximum atomic E-state index is 12.3. The number of phenols is 1. The molecule has 0 aliphatic carbocycles. The Morgan fingerprint density at radius 1 is 0.895 bits per heavy atom. The van der Waals surface area contributed by atoms with Crippen molar-refractivity contribution in [2.75, 3.05) is 0 Å². The quantitative estimate of drug-likeness (QED) is 0.812. The minimum Gasteiger partial charge on any atom is -0.508 e. The number of halogens is 3. The summed E-state index contributed by atoms with van der Waals surface area (Å²) in [5.74, 6) is 0.145. The second-order valence-electron chi connectivity index (χ2n) is 3.89. The molecule has 0 unspecified atom stereocenters. The van der Waals surface area contributed by atoms with E-state index < -0.39 is 11.7 Å². The Morgan fingerprint density at radius 3 is 2.00 bits per heavy atom. The molecule has 5 heteroatoms. The van der Waals surface area contributed by atoms with Crippen molar-refractivity contribution >= 4 is 11.9 Å². The zero-order chi connectivity index (χ0) is 13.9. The van der Waals surface area contributed by atoms with Crippen molar-refractivity contribution in [2.45, 2.75) is 6.18 Å². The van der Waals surface area contributed by atoms with Gasteiger partial charge >= 0.3 is 6.18 Å². The van der Waals surface area contributed by atoms with Gasteiger partial charge < -0.3 is 5.11 Å². The lowest BCUT2D eigenvalue weighted by molar-refractivity contribution is -0.137. The van der Waals surface area contributed by atoms with Crippen molar-refractivity contribution in [3.8, 4) is 5.75 Å². The predicted molar refractivity (Wildman–Crippen MR) is 66.8 cm³/mol. The first kappa shape index (κ1) is 13.1. The molecule has 0 atom stereocenters. The summed E-state index contributed by atoms with van der Waals surface area (Å²) in [6.45, 7) is 0. The van der Waals surface area contributed by atoms with E-state index in [2.05, 4.69) is 4.99 Å². The summed E-state index contributed by atoms with van der Waals surface area (Å²) >= 11 is 0. The van der Waals surface area contributed by atoms with Crippen LogP contribution in [0.1, 0.15) is 11.1 Å². The Kier molecular flexibility index (Phi) is 3.55. The van der Waals surface area contributed by atoms with Gasteiger partial charge in [0, 0.05) is 6.21 Å². The molecule has 19 heavy (non-hydrogen) atoms. The summed E-state index contributed by atoms with van der Waals surface area (Å²) in [5, 5.41) is 9.10. The Bertz CT molecular complexity index is 571. The number of aromatic hydroxyl groups is 1. The molecule has 0 aliphatic rings. The average Bonchev–Trinajstić information content (AvgIpc) is 2.37. The molecule has 0 aliphatic heterocycles. The van der Waals surface area contributed by atoms with E-state index in [-0.39, 0.29) is 5.75 Å². The Hall–Kier alpha value is -2.30. The van der Waals surface area contributed by atoms with Gasteiger partial charge in [-0.05, 0) is 54.1 Å². The number of nitrogens with zero attached hydrogens (tertiary/aromatic N) is 1. The summed E-state index contributed by atoms with van der Waals surface area (Å²) < 4.78 is 37.0. The lowest BCUT2D eigenvalue weighted by Gasteiger charge is -2.05. The van der Waals surface area contributed by atoms with Crippen LogP contribution in [0.5, 0.6) is 5.75 Å². The Balaban J connectivity index is 2.13. The molecule has 0 saturated heterocycles. The van der Waals surface area contributed by atoms with E-state index in [0.717, 1.165) is 17.7 Å². The number of aliphatic imine (C=N–C) groups is 1. The van der Waals surface area contributed by atoms with Crippen LogP contribution >= 0.6 is 0 Å². The van der Waals surface area contributed by atoms with Gasteiger partial charge in [0.05, 0.1) is 11.3 Å². The van der Waals surface area contributed by atoms with E-state index in [1.807, 2.05) is 0 Å². The normalized spacial score (nSPS) is 11.9. The molecular weight excluding hydrogens is 255 g/mol. The van der Waals surface area contributed by atoms with E-state index in [0.29, 0.717) is 5.69 Å². The third-order valence-corrected chi connectivity index (χ3v) is 2.45. The van der Waals surface area contributed by atoms with Crippen LogP contribution in [0.4, 0.5) is 18.9 Å². The number of phenolic OH excluding ortho intramolecular Hbond substituents is 1. The van der Waals surface area contributed by atoms with Crippen LogP contribution in [0.2, 0.25) is 0 Å². The minimum absolute atomic E-state index is 0.145. The molecule has 0 aromatic heterocycles. The zero-order valence-electron chi connectivity index (χ0n) is 9.72. The molecule has 0 radical (unpaired) electrons. The monoisotopic (exact) mass is 265 g/mol. The highest BCUT2D eigenvalue weighted by atomic mass is 19.4. The van der Waals surface area contributed by atoms with Crippen LogP contribution < -0.4 is 0 Å². The molecule has 0 saturated carbocycles. The summed E-state index contributed by atoms with van der Waals surface area (Å²) in [6, 6.07) is 10.9. The van der Waals surface area contributed by atoms with Gasteiger partial charge in [0.2, 0.25) is 0 Å². The van der Waals surface area contributed by atoms with Crippen LogP contribution in [-0.4, -0.2) is 11.3 Å². The molecule has 0 fully saturated rings. The molecule has 2 aromatic rings. The van der Waals surface area contributed by atoms with E-state index in [1.165, 1.54) is 30.5 Å². The second-order valence-corrected chi connectivity index (χ2v) is 3.89. The molecule has 98 valence electrons. The second kappa shape index (κ2) is 5.14. The molecule has 2 aromatic carbocycles. The van der Waals surface area contributed by atoms with Gasteiger partial charge in [0.1, 0.15) is 5.75 Å². The number of rotatable bonds is 2. The summed E-state index contributed by atoms with van der Waals surface area (Å²) in [7, 11) is 0. The first-order valence-corrected chi connectivity index (χ1v) is 5.45. The van der Waals surface area contributed by atoms with Gasteiger partial charge in [-0.15, -0.1) is 0 Å². The van der Waals surface area contributed by atoms with Gasteiger partial charge in [0.25, 0.3) is 0 Å². The smallest absolute Gasteiger partial charge is 0.416 e. The molecule has 0 bridgehead atoms. The van der Waals surface area contributed by atoms with E-state index in [4.69, 9.17) is 5.11 Å². The molecule has 0 amide bonds. The largest absolute Gasteiger partial charge is 0.508 e. The molecule has 2 rings (SSSR count). The first-order valence-electron chi connectivity index (χ1n) is 5.45. The first-order chi connectivity index (χ1) is 8.95. The van der Waals surface area contributed by atoms with Crippen molar-refractivity contribution in [1.82, 2.24) is 0 Å². The maximum Gasteiger partial charge on any atom is 0.416 e. The number of alkyl halides is 3. The van der Waals surface area contributed by atoms with Gasteiger partial charge in [-0.25, -0.2) is 0 Å². The van der Waals surface area contributed by atoms with Crippen molar-refractivity contribution in [1.29, 1.82) is 0 Å². The average molecular weight is 265 g/mol. The standard InChI is InChI=1S/C14H10F3NO/c15-14(16,17)11-3-5-12(6-4-11)18-9-10-1-7-13(19)8-2-10/h1-9,19H.